The third-order valence-corrected chi connectivity index (χ3v) is 4.76. The lowest BCUT2D eigenvalue weighted by molar-refractivity contribution is -0.0682. The van der Waals surface area contributed by atoms with E-state index in [2.05, 4.69) is 61.6 Å². The molecule has 1 saturated heterocycles. The topological polar surface area (TPSA) is 21.3 Å². The first-order valence-corrected chi connectivity index (χ1v) is 8.17. The molecule has 1 aliphatic rings. The molecule has 21 heavy (non-hydrogen) atoms. The summed E-state index contributed by atoms with van der Waals surface area (Å²) >= 11 is 0. The van der Waals surface area contributed by atoms with Crippen LogP contribution in [0.5, 0.6) is 0 Å². The van der Waals surface area contributed by atoms with Gasteiger partial charge in [0.2, 0.25) is 0 Å². The predicted molar refractivity (Wildman–Crippen MR) is 88.5 cm³/mol. The maximum absolute atomic E-state index is 6.46. The average molecular weight is 283 g/mol. The summed E-state index contributed by atoms with van der Waals surface area (Å²) in [6.45, 7) is 6.41. The molecule has 2 nitrogen and oxygen atoms in total. The van der Waals surface area contributed by atoms with Crippen LogP contribution in [0.2, 0.25) is 0 Å². The standard InChI is InChI=1S/C19H25NO/c1-3-14(4-2)18-12-20-13-19(21-18)17-11-7-9-15-8-5-6-10-16(15)17/h5-11,14,18-20H,3-4,12-13H2,1-2H3. The van der Waals surface area contributed by atoms with Gasteiger partial charge < -0.3 is 10.1 Å². The molecule has 2 atom stereocenters. The molecule has 0 aliphatic carbocycles. The third kappa shape index (κ3) is 2.97. The second-order valence-corrected chi connectivity index (χ2v) is 5.97. The van der Waals surface area contributed by atoms with E-state index in [4.69, 9.17) is 4.74 Å². The quantitative estimate of drug-likeness (QED) is 0.903. The van der Waals surface area contributed by atoms with Crippen LogP contribution < -0.4 is 5.32 Å². The Morgan fingerprint density at radius 1 is 1.05 bits per heavy atom. The molecule has 112 valence electrons. The lowest BCUT2D eigenvalue weighted by Crippen LogP contribution is -2.44. The van der Waals surface area contributed by atoms with Gasteiger partial charge in [0, 0.05) is 13.1 Å². The highest BCUT2D eigenvalue weighted by Gasteiger charge is 2.28. The van der Waals surface area contributed by atoms with E-state index in [1.165, 1.54) is 29.2 Å². The molecule has 2 aromatic carbocycles. The molecule has 0 amide bonds. The van der Waals surface area contributed by atoms with Gasteiger partial charge in [0.15, 0.2) is 0 Å². The summed E-state index contributed by atoms with van der Waals surface area (Å²) in [5.74, 6) is 0.648. The molecule has 0 radical (unpaired) electrons. The molecule has 3 rings (SSSR count). The molecule has 0 bridgehead atoms. The van der Waals surface area contributed by atoms with Crippen LogP contribution in [0.4, 0.5) is 0 Å². The molecule has 1 heterocycles. The minimum atomic E-state index is 0.162. The summed E-state index contributed by atoms with van der Waals surface area (Å²) in [6.07, 6.45) is 2.86. The van der Waals surface area contributed by atoms with E-state index in [1.54, 1.807) is 0 Å². The van der Waals surface area contributed by atoms with Crippen LogP contribution >= 0.6 is 0 Å². The van der Waals surface area contributed by atoms with Gasteiger partial charge in [0.1, 0.15) is 0 Å². The van der Waals surface area contributed by atoms with E-state index >= 15 is 0 Å². The van der Waals surface area contributed by atoms with Gasteiger partial charge in [-0.25, -0.2) is 0 Å². The Morgan fingerprint density at radius 2 is 1.81 bits per heavy atom. The monoisotopic (exact) mass is 283 g/mol. The van der Waals surface area contributed by atoms with Gasteiger partial charge in [-0.1, -0.05) is 69.2 Å². The normalized spacial score (nSPS) is 22.8. The van der Waals surface area contributed by atoms with E-state index in [9.17, 15) is 0 Å². The Morgan fingerprint density at radius 3 is 2.62 bits per heavy atom. The highest BCUT2D eigenvalue weighted by atomic mass is 16.5. The number of morpholine rings is 1. The Kier molecular flexibility index (Phi) is 4.57. The first kappa shape index (κ1) is 14.6. The second-order valence-electron chi connectivity index (χ2n) is 5.97. The fourth-order valence-corrected chi connectivity index (χ4v) is 3.47. The maximum atomic E-state index is 6.46. The number of benzene rings is 2. The van der Waals surface area contributed by atoms with Crippen molar-refractivity contribution < 1.29 is 4.74 Å². The summed E-state index contributed by atoms with van der Waals surface area (Å²) in [5, 5.41) is 6.18. The zero-order valence-electron chi connectivity index (χ0n) is 13.0. The molecule has 0 aromatic heterocycles. The minimum absolute atomic E-state index is 0.162. The van der Waals surface area contributed by atoms with Crippen molar-refractivity contribution in [2.24, 2.45) is 5.92 Å². The van der Waals surface area contributed by atoms with Gasteiger partial charge >= 0.3 is 0 Å². The summed E-state index contributed by atoms with van der Waals surface area (Å²) in [7, 11) is 0. The lowest BCUT2D eigenvalue weighted by atomic mass is 9.93. The SMILES string of the molecule is CCC(CC)C1CNCC(c2cccc3ccccc23)O1. The van der Waals surface area contributed by atoms with Crippen LogP contribution in [-0.2, 0) is 4.74 Å². The highest BCUT2D eigenvalue weighted by molar-refractivity contribution is 5.86. The van der Waals surface area contributed by atoms with Gasteiger partial charge in [-0.05, 0) is 22.3 Å². The fraction of sp³-hybridized carbons (Fsp3) is 0.474. The van der Waals surface area contributed by atoms with E-state index in [0.29, 0.717) is 12.0 Å². The van der Waals surface area contributed by atoms with Crippen molar-refractivity contribution in [2.75, 3.05) is 13.1 Å². The van der Waals surface area contributed by atoms with Crippen LogP contribution in [0.1, 0.15) is 38.4 Å². The predicted octanol–water partition coefficient (Wildman–Crippen LogP) is 4.31. The van der Waals surface area contributed by atoms with E-state index in [-0.39, 0.29) is 6.10 Å². The molecule has 1 aliphatic heterocycles. The van der Waals surface area contributed by atoms with Crippen LogP contribution in [-0.4, -0.2) is 19.2 Å². The van der Waals surface area contributed by atoms with Crippen molar-refractivity contribution in [3.8, 4) is 0 Å². The largest absolute Gasteiger partial charge is 0.367 e. The number of rotatable bonds is 4. The van der Waals surface area contributed by atoms with Crippen molar-refractivity contribution >= 4 is 10.8 Å². The lowest BCUT2D eigenvalue weighted by Gasteiger charge is -2.35. The minimum Gasteiger partial charge on any atom is -0.367 e. The summed E-state index contributed by atoms with van der Waals surface area (Å²) in [5.41, 5.74) is 1.32. The average Bonchev–Trinajstić information content (AvgIpc) is 2.56. The molecule has 2 heteroatoms. The molecular weight excluding hydrogens is 258 g/mol. The smallest absolute Gasteiger partial charge is 0.0959 e. The molecule has 1 N–H and O–H groups in total. The van der Waals surface area contributed by atoms with Crippen molar-refractivity contribution in [3.63, 3.8) is 0 Å². The second kappa shape index (κ2) is 6.59. The Labute approximate surface area is 127 Å². The van der Waals surface area contributed by atoms with E-state index in [0.717, 1.165) is 13.1 Å². The highest BCUT2D eigenvalue weighted by Crippen LogP contribution is 2.31. The molecule has 2 aromatic rings. The van der Waals surface area contributed by atoms with Crippen LogP contribution in [0.3, 0.4) is 0 Å². The number of fused-ring (bicyclic) bond motifs is 1. The van der Waals surface area contributed by atoms with Crippen molar-refractivity contribution in [1.82, 2.24) is 5.32 Å². The number of ether oxygens (including phenoxy) is 1. The van der Waals surface area contributed by atoms with Crippen LogP contribution in [0.15, 0.2) is 42.5 Å². The number of hydrogen-bond acceptors (Lipinski definition) is 2. The zero-order valence-corrected chi connectivity index (χ0v) is 13.0. The zero-order chi connectivity index (χ0) is 14.7. The van der Waals surface area contributed by atoms with Gasteiger partial charge in [0.25, 0.3) is 0 Å². The van der Waals surface area contributed by atoms with Crippen molar-refractivity contribution in [3.05, 3.63) is 48.0 Å². The van der Waals surface area contributed by atoms with E-state index in [1.807, 2.05) is 0 Å². The summed E-state index contributed by atoms with van der Waals surface area (Å²) in [6, 6.07) is 15.1. The molecule has 0 saturated carbocycles. The fourth-order valence-electron chi connectivity index (χ4n) is 3.47. The first-order chi connectivity index (χ1) is 10.3. The van der Waals surface area contributed by atoms with Gasteiger partial charge in [-0.2, -0.15) is 0 Å². The van der Waals surface area contributed by atoms with Gasteiger partial charge in [-0.15, -0.1) is 0 Å². The van der Waals surface area contributed by atoms with Crippen LogP contribution in [0, 0.1) is 5.92 Å². The van der Waals surface area contributed by atoms with Crippen molar-refractivity contribution in [1.29, 1.82) is 0 Å². The summed E-state index contributed by atoms with van der Waals surface area (Å²) in [4.78, 5) is 0. The van der Waals surface area contributed by atoms with Crippen molar-refractivity contribution in [2.45, 2.75) is 38.9 Å². The molecular formula is C19H25NO. The molecule has 2 unspecified atom stereocenters. The Balaban J connectivity index is 1.88. The Hall–Kier alpha value is -1.38. The van der Waals surface area contributed by atoms with Gasteiger partial charge in [0.05, 0.1) is 12.2 Å². The summed E-state index contributed by atoms with van der Waals surface area (Å²) < 4.78 is 6.46. The van der Waals surface area contributed by atoms with E-state index < -0.39 is 0 Å². The van der Waals surface area contributed by atoms with Crippen LogP contribution in [0.25, 0.3) is 10.8 Å². The maximum Gasteiger partial charge on any atom is 0.0959 e. The Bertz CT molecular complexity index is 586. The number of nitrogens with one attached hydrogen (secondary N) is 1. The third-order valence-electron chi connectivity index (χ3n) is 4.76. The number of hydrogen-bond donors (Lipinski definition) is 1. The van der Waals surface area contributed by atoms with Gasteiger partial charge in [-0.3, -0.25) is 0 Å². The first-order valence-electron chi connectivity index (χ1n) is 8.17. The molecule has 1 fully saturated rings. The molecule has 0 spiro atoms.